The van der Waals surface area contributed by atoms with Crippen molar-refractivity contribution in [2.45, 2.75) is 136 Å². The van der Waals surface area contributed by atoms with Crippen molar-refractivity contribution in [2.75, 3.05) is 60.7 Å². The molecule has 0 amide bonds. The van der Waals surface area contributed by atoms with Crippen molar-refractivity contribution in [3.05, 3.63) is 0 Å². The third-order valence-electron chi connectivity index (χ3n) is 6.74. The fraction of sp³-hybridized carbons (Fsp3) is 1.00. The second-order valence-electron chi connectivity index (χ2n) is 11.8. The van der Waals surface area contributed by atoms with Gasteiger partial charge in [0, 0.05) is 13.2 Å². The number of phosphoric acid groups is 1. The van der Waals surface area contributed by atoms with Crippen LogP contribution in [0.1, 0.15) is 129 Å². The Morgan fingerprint density at radius 1 is 0.605 bits per heavy atom. The highest BCUT2D eigenvalue weighted by molar-refractivity contribution is 7.47. The van der Waals surface area contributed by atoms with E-state index in [0.717, 1.165) is 19.3 Å². The van der Waals surface area contributed by atoms with Gasteiger partial charge in [0.1, 0.15) is 19.3 Å². The zero-order chi connectivity index (χ0) is 28.4. The number of ether oxygens (including phenoxy) is 2. The highest BCUT2D eigenvalue weighted by Crippen LogP contribution is 2.43. The monoisotopic (exact) mass is 566 g/mol. The quantitative estimate of drug-likeness (QED) is 0.0536. The van der Waals surface area contributed by atoms with Crippen LogP contribution in [-0.2, 0) is 23.1 Å². The number of quaternary nitrogens is 1. The highest BCUT2D eigenvalue weighted by Gasteiger charge is 2.25. The van der Waals surface area contributed by atoms with Gasteiger partial charge in [-0.05, 0) is 12.8 Å². The number of hydrogen-bond donors (Lipinski definition) is 1. The van der Waals surface area contributed by atoms with Crippen LogP contribution >= 0.6 is 7.82 Å². The van der Waals surface area contributed by atoms with Gasteiger partial charge in [0.25, 0.3) is 0 Å². The summed E-state index contributed by atoms with van der Waals surface area (Å²) >= 11 is 0. The van der Waals surface area contributed by atoms with Crippen LogP contribution in [0.3, 0.4) is 0 Å². The molecule has 0 rings (SSSR count). The van der Waals surface area contributed by atoms with Crippen LogP contribution in [0.5, 0.6) is 0 Å². The smallest absolute Gasteiger partial charge is 0.379 e. The van der Waals surface area contributed by atoms with E-state index < -0.39 is 7.82 Å². The second kappa shape index (κ2) is 25.9. The molecule has 0 aromatic heterocycles. The Labute approximate surface area is 236 Å². The van der Waals surface area contributed by atoms with Crippen LogP contribution in [0.4, 0.5) is 0 Å². The molecule has 0 heterocycles. The second-order valence-corrected chi connectivity index (χ2v) is 13.3. The molecule has 2 unspecified atom stereocenters. The van der Waals surface area contributed by atoms with Crippen LogP contribution in [0.2, 0.25) is 0 Å². The molecule has 0 aromatic rings. The predicted molar refractivity (Wildman–Crippen MR) is 160 cm³/mol. The lowest BCUT2D eigenvalue weighted by molar-refractivity contribution is -0.870. The Morgan fingerprint density at radius 2 is 1.05 bits per heavy atom. The van der Waals surface area contributed by atoms with Crippen LogP contribution in [0.15, 0.2) is 0 Å². The summed E-state index contributed by atoms with van der Waals surface area (Å²) in [5.41, 5.74) is 0. The number of nitrogens with zero attached hydrogens (tertiary/aromatic N) is 1. The lowest BCUT2D eigenvalue weighted by atomic mass is 10.1. The van der Waals surface area contributed by atoms with E-state index in [4.69, 9.17) is 18.5 Å². The Kier molecular flexibility index (Phi) is 25.9. The molecule has 0 fully saturated rings. The van der Waals surface area contributed by atoms with Crippen molar-refractivity contribution in [3.63, 3.8) is 0 Å². The molecule has 38 heavy (non-hydrogen) atoms. The summed E-state index contributed by atoms with van der Waals surface area (Å²) in [6.45, 7) is 6.95. The van der Waals surface area contributed by atoms with Crippen molar-refractivity contribution in [1.29, 1.82) is 0 Å². The van der Waals surface area contributed by atoms with Gasteiger partial charge in [-0.3, -0.25) is 9.05 Å². The summed E-state index contributed by atoms with van der Waals surface area (Å²) < 4.78 is 35.3. The molecule has 8 heteroatoms. The fourth-order valence-electron chi connectivity index (χ4n) is 4.18. The van der Waals surface area contributed by atoms with Gasteiger partial charge in [0.2, 0.25) is 0 Å². The van der Waals surface area contributed by atoms with Gasteiger partial charge in [-0.2, -0.15) is 0 Å². The first-order valence-corrected chi connectivity index (χ1v) is 17.3. The first-order chi connectivity index (χ1) is 18.2. The van der Waals surface area contributed by atoms with Crippen molar-refractivity contribution in [2.24, 2.45) is 0 Å². The first kappa shape index (κ1) is 38.0. The molecule has 1 N–H and O–H groups in total. The first-order valence-electron chi connectivity index (χ1n) is 15.8. The van der Waals surface area contributed by atoms with Crippen LogP contribution in [-0.4, -0.2) is 76.2 Å². The lowest BCUT2D eigenvalue weighted by Gasteiger charge is -2.24. The SMILES string of the molecule is CCCCCCCCCCCOCC(COP(=O)(O)OCC[N+](C)(C)C)OCCCCCCCCCCC. The van der Waals surface area contributed by atoms with E-state index in [2.05, 4.69) is 13.8 Å². The fourth-order valence-corrected chi connectivity index (χ4v) is 4.92. The van der Waals surface area contributed by atoms with Gasteiger partial charge in [-0.25, -0.2) is 4.57 Å². The Morgan fingerprint density at radius 3 is 1.53 bits per heavy atom. The topological polar surface area (TPSA) is 74.2 Å². The number of phosphoric ester groups is 1. The van der Waals surface area contributed by atoms with E-state index in [9.17, 15) is 9.46 Å². The predicted octanol–water partition coefficient (Wildman–Crippen LogP) is 8.29. The maximum absolute atomic E-state index is 12.3. The van der Waals surface area contributed by atoms with Gasteiger partial charge in [0.15, 0.2) is 0 Å². The molecule has 0 aromatic carbocycles. The molecule has 0 aliphatic carbocycles. The summed E-state index contributed by atoms with van der Waals surface area (Å²) in [7, 11) is 1.91. The van der Waals surface area contributed by atoms with E-state index in [1.165, 1.54) is 96.3 Å². The van der Waals surface area contributed by atoms with Crippen molar-refractivity contribution >= 4 is 7.82 Å². The number of likely N-dealkylation sites (N-methyl/N-ethyl adjacent to an activating group) is 1. The van der Waals surface area contributed by atoms with Crippen molar-refractivity contribution < 1.29 is 32.5 Å². The average molecular weight is 567 g/mol. The summed E-state index contributed by atoms with van der Waals surface area (Å²) in [6.07, 6.45) is 22.4. The number of rotatable bonds is 30. The van der Waals surface area contributed by atoms with Gasteiger partial charge in [-0.1, -0.05) is 117 Å². The minimum atomic E-state index is -4.11. The van der Waals surface area contributed by atoms with Crippen LogP contribution in [0, 0.1) is 0 Å². The van der Waals surface area contributed by atoms with E-state index >= 15 is 0 Å². The molecule has 2 atom stereocenters. The maximum atomic E-state index is 12.3. The number of hydrogen-bond acceptors (Lipinski definition) is 5. The largest absolute Gasteiger partial charge is 0.472 e. The van der Waals surface area contributed by atoms with E-state index in [1.54, 1.807) is 0 Å². The van der Waals surface area contributed by atoms with E-state index in [0.29, 0.717) is 30.8 Å². The zero-order valence-corrected chi connectivity index (χ0v) is 26.8. The van der Waals surface area contributed by atoms with Gasteiger partial charge in [-0.15, -0.1) is 0 Å². The van der Waals surface area contributed by atoms with E-state index in [1.807, 2.05) is 21.1 Å². The number of unbranched alkanes of at least 4 members (excludes halogenated alkanes) is 16. The zero-order valence-electron chi connectivity index (χ0n) is 25.9. The van der Waals surface area contributed by atoms with Gasteiger partial charge < -0.3 is 18.9 Å². The third kappa shape index (κ3) is 29.0. The third-order valence-corrected chi connectivity index (χ3v) is 7.72. The molecule has 0 saturated carbocycles. The standard InChI is InChI=1S/C30H64NO6P/c1-6-8-10-12-14-16-18-20-22-25-34-28-30(29-37-38(32,33)36-27-24-31(3,4)5)35-26-23-21-19-17-15-13-11-9-7-2/h30H,6-29H2,1-5H3/p+1. The molecule has 0 radical (unpaired) electrons. The Bertz CT molecular complexity index is 543. The van der Waals surface area contributed by atoms with Crippen LogP contribution in [0.25, 0.3) is 0 Å². The molecule has 0 saturated heterocycles. The molecule has 230 valence electrons. The van der Waals surface area contributed by atoms with E-state index in [-0.39, 0.29) is 19.3 Å². The summed E-state index contributed by atoms with van der Waals surface area (Å²) in [5.74, 6) is 0. The molecular formula is C30H65NO6P+. The van der Waals surface area contributed by atoms with Gasteiger partial charge in [0.05, 0.1) is 34.4 Å². The maximum Gasteiger partial charge on any atom is 0.472 e. The minimum absolute atomic E-state index is 0.00661. The van der Waals surface area contributed by atoms with Crippen LogP contribution < -0.4 is 0 Å². The van der Waals surface area contributed by atoms with Crippen molar-refractivity contribution in [3.8, 4) is 0 Å². The molecule has 0 aliphatic heterocycles. The lowest BCUT2D eigenvalue weighted by Crippen LogP contribution is -2.37. The average Bonchev–Trinajstić information content (AvgIpc) is 2.85. The minimum Gasteiger partial charge on any atom is -0.379 e. The van der Waals surface area contributed by atoms with Crippen molar-refractivity contribution in [1.82, 2.24) is 0 Å². The summed E-state index contributed by atoms with van der Waals surface area (Å²) in [6, 6.07) is 0. The molecule has 7 nitrogen and oxygen atoms in total. The molecular weight excluding hydrogens is 501 g/mol. The highest BCUT2D eigenvalue weighted by atomic mass is 31.2. The molecule has 0 aliphatic rings. The Hall–Kier alpha value is -0.0100. The summed E-state index contributed by atoms with van der Waals surface area (Å²) in [4.78, 5) is 10.1. The molecule has 0 spiro atoms. The van der Waals surface area contributed by atoms with Gasteiger partial charge >= 0.3 is 7.82 Å². The normalized spacial score (nSPS) is 14.6. The molecule has 0 bridgehead atoms. The summed E-state index contributed by atoms with van der Waals surface area (Å²) in [5, 5.41) is 0. The Balaban J connectivity index is 4.20.